The summed E-state index contributed by atoms with van der Waals surface area (Å²) in [6, 6.07) is 5.07. The average molecular weight is 270 g/mol. The van der Waals surface area contributed by atoms with Crippen LogP contribution in [0.2, 0.25) is 10.0 Å². The normalized spacial score (nSPS) is 10.6. The summed E-state index contributed by atoms with van der Waals surface area (Å²) in [6.07, 6.45) is 0. The zero-order chi connectivity index (χ0) is 12.6. The Morgan fingerprint density at radius 3 is 2.65 bits per heavy atom. The number of carbonyl (C=O) groups is 1. The maximum absolute atomic E-state index is 11.4. The van der Waals surface area contributed by atoms with Crippen molar-refractivity contribution in [2.24, 2.45) is 0 Å². The summed E-state index contributed by atoms with van der Waals surface area (Å²) < 4.78 is 4.61. The molecule has 1 heterocycles. The second-order valence-electron chi connectivity index (χ2n) is 3.57. The van der Waals surface area contributed by atoms with E-state index < -0.39 is 5.97 Å². The highest BCUT2D eigenvalue weighted by molar-refractivity contribution is 6.39. The molecule has 3 nitrogen and oxygen atoms in total. The first-order valence-electron chi connectivity index (χ1n) is 4.88. The van der Waals surface area contributed by atoms with Gasteiger partial charge in [-0.2, -0.15) is 0 Å². The standard InChI is InChI=1S/C12H9Cl2NO2/c1-6-3-4-7(13)11-10(6)8(14)5-9(15-11)12(16)17-2/h3-5H,1-2H3. The van der Waals surface area contributed by atoms with Crippen molar-refractivity contribution in [1.82, 2.24) is 4.98 Å². The molecule has 0 amide bonds. The monoisotopic (exact) mass is 269 g/mol. The minimum absolute atomic E-state index is 0.150. The second-order valence-corrected chi connectivity index (χ2v) is 4.38. The lowest BCUT2D eigenvalue weighted by molar-refractivity contribution is 0.0594. The van der Waals surface area contributed by atoms with E-state index in [2.05, 4.69) is 9.72 Å². The predicted octanol–water partition coefficient (Wildman–Crippen LogP) is 3.64. The molecule has 5 heteroatoms. The summed E-state index contributed by atoms with van der Waals surface area (Å²) in [4.78, 5) is 15.6. The number of aryl methyl sites for hydroxylation is 1. The number of methoxy groups -OCH3 is 1. The zero-order valence-electron chi connectivity index (χ0n) is 9.25. The lowest BCUT2D eigenvalue weighted by atomic mass is 10.1. The Balaban J connectivity index is 2.82. The molecular weight excluding hydrogens is 261 g/mol. The van der Waals surface area contributed by atoms with Gasteiger partial charge in [-0.15, -0.1) is 0 Å². The van der Waals surface area contributed by atoms with Gasteiger partial charge in [0, 0.05) is 5.39 Å². The van der Waals surface area contributed by atoms with E-state index in [1.165, 1.54) is 13.2 Å². The molecule has 0 saturated carbocycles. The topological polar surface area (TPSA) is 39.2 Å². The zero-order valence-corrected chi connectivity index (χ0v) is 10.8. The Morgan fingerprint density at radius 1 is 1.29 bits per heavy atom. The van der Waals surface area contributed by atoms with Crippen LogP contribution in [0.1, 0.15) is 16.1 Å². The third kappa shape index (κ3) is 2.08. The molecule has 0 saturated heterocycles. The Labute approximate surface area is 108 Å². The molecular formula is C12H9Cl2NO2. The van der Waals surface area contributed by atoms with Crippen molar-refractivity contribution in [3.63, 3.8) is 0 Å². The molecule has 2 aromatic rings. The number of halogens is 2. The Bertz CT molecular complexity index is 611. The van der Waals surface area contributed by atoms with Gasteiger partial charge in [0.2, 0.25) is 0 Å². The van der Waals surface area contributed by atoms with E-state index in [4.69, 9.17) is 23.2 Å². The highest BCUT2D eigenvalue weighted by atomic mass is 35.5. The van der Waals surface area contributed by atoms with Gasteiger partial charge in [0.05, 0.1) is 22.7 Å². The van der Waals surface area contributed by atoms with Crippen LogP contribution in [0.15, 0.2) is 18.2 Å². The Kier molecular flexibility index (Phi) is 3.22. The molecule has 0 spiro atoms. The summed E-state index contributed by atoms with van der Waals surface area (Å²) in [5.74, 6) is -0.536. The lowest BCUT2D eigenvalue weighted by Crippen LogP contribution is -2.04. The van der Waals surface area contributed by atoms with Crippen molar-refractivity contribution < 1.29 is 9.53 Å². The molecule has 0 aliphatic carbocycles. The van der Waals surface area contributed by atoms with Crippen LogP contribution in [0.4, 0.5) is 0 Å². The van der Waals surface area contributed by atoms with Crippen molar-refractivity contribution in [2.75, 3.05) is 7.11 Å². The molecule has 0 N–H and O–H groups in total. The summed E-state index contributed by atoms with van der Waals surface area (Å²) in [7, 11) is 1.29. The fourth-order valence-electron chi connectivity index (χ4n) is 1.63. The van der Waals surface area contributed by atoms with E-state index in [1.54, 1.807) is 6.07 Å². The number of rotatable bonds is 1. The minimum Gasteiger partial charge on any atom is -0.464 e. The smallest absolute Gasteiger partial charge is 0.356 e. The maximum atomic E-state index is 11.4. The number of benzene rings is 1. The maximum Gasteiger partial charge on any atom is 0.356 e. The van der Waals surface area contributed by atoms with E-state index in [9.17, 15) is 4.79 Å². The number of aromatic nitrogens is 1. The fourth-order valence-corrected chi connectivity index (χ4v) is 2.17. The first-order chi connectivity index (χ1) is 8.04. The molecule has 88 valence electrons. The van der Waals surface area contributed by atoms with Gasteiger partial charge in [-0.3, -0.25) is 0 Å². The van der Waals surface area contributed by atoms with Crippen molar-refractivity contribution in [2.45, 2.75) is 6.92 Å². The van der Waals surface area contributed by atoms with Gasteiger partial charge in [-0.1, -0.05) is 29.3 Å². The number of hydrogen-bond acceptors (Lipinski definition) is 3. The number of carbonyl (C=O) groups excluding carboxylic acids is 1. The van der Waals surface area contributed by atoms with Crippen LogP contribution < -0.4 is 0 Å². The van der Waals surface area contributed by atoms with Crippen molar-refractivity contribution in [3.8, 4) is 0 Å². The van der Waals surface area contributed by atoms with Crippen LogP contribution >= 0.6 is 23.2 Å². The number of nitrogens with zero attached hydrogens (tertiary/aromatic N) is 1. The third-order valence-electron chi connectivity index (χ3n) is 2.47. The molecule has 0 fully saturated rings. The van der Waals surface area contributed by atoms with E-state index in [-0.39, 0.29) is 5.69 Å². The van der Waals surface area contributed by atoms with Gasteiger partial charge in [-0.25, -0.2) is 9.78 Å². The first-order valence-corrected chi connectivity index (χ1v) is 5.64. The molecule has 0 radical (unpaired) electrons. The summed E-state index contributed by atoms with van der Waals surface area (Å²) in [5, 5.41) is 1.65. The Hall–Kier alpha value is -1.32. The number of pyridine rings is 1. The fraction of sp³-hybridized carbons (Fsp3) is 0.167. The van der Waals surface area contributed by atoms with Crippen LogP contribution in [0.25, 0.3) is 10.9 Å². The minimum atomic E-state index is -0.536. The van der Waals surface area contributed by atoms with E-state index in [0.29, 0.717) is 15.6 Å². The quantitative estimate of drug-likeness (QED) is 0.742. The molecule has 1 aromatic heterocycles. The van der Waals surface area contributed by atoms with E-state index in [0.717, 1.165) is 10.9 Å². The van der Waals surface area contributed by atoms with Gasteiger partial charge in [0.25, 0.3) is 0 Å². The molecule has 1 aromatic carbocycles. The lowest BCUT2D eigenvalue weighted by Gasteiger charge is -2.07. The summed E-state index contributed by atoms with van der Waals surface area (Å²) >= 11 is 12.2. The second kappa shape index (κ2) is 4.51. The first kappa shape index (κ1) is 12.1. The number of ether oxygens (including phenoxy) is 1. The highest BCUT2D eigenvalue weighted by Gasteiger charge is 2.14. The van der Waals surface area contributed by atoms with Gasteiger partial charge in [0.15, 0.2) is 5.69 Å². The Morgan fingerprint density at radius 2 is 2.00 bits per heavy atom. The van der Waals surface area contributed by atoms with E-state index >= 15 is 0 Å². The molecule has 0 bridgehead atoms. The van der Waals surface area contributed by atoms with Crippen LogP contribution in [-0.2, 0) is 4.74 Å². The van der Waals surface area contributed by atoms with Gasteiger partial charge >= 0.3 is 5.97 Å². The van der Waals surface area contributed by atoms with Crippen LogP contribution in [-0.4, -0.2) is 18.1 Å². The summed E-state index contributed by atoms with van der Waals surface area (Å²) in [6.45, 7) is 1.91. The number of fused-ring (bicyclic) bond motifs is 1. The highest BCUT2D eigenvalue weighted by Crippen LogP contribution is 2.31. The molecule has 2 rings (SSSR count). The number of hydrogen-bond donors (Lipinski definition) is 0. The number of esters is 1. The molecule has 0 unspecified atom stereocenters. The van der Waals surface area contributed by atoms with Crippen molar-refractivity contribution in [1.29, 1.82) is 0 Å². The van der Waals surface area contributed by atoms with Crippen molar-refractivity contribution in [3.05, 3.63) is 39.5 Å². The van der Waals surface area contributed by atoms with Gasteiger partial charge in [0.1, 0.15) is 0 Å². The third-order valence-corrected chi connectivity index (χ3v) is 3.07. The molecule has 17 heavy (non-hydrogen) atoms. The van der Waals surface area contributed by atoms with E-state index in [1.807, 2.05) is 13.0 Å². The van der Waals surface area contributed by atoms with Gasteiger partial charge in [-0.05, 0) is 24.6 Å². The predicted molar refractivity (Wildman–Crippen MR) is 67.8 cm³/mol. The summed E-state index contributed by atoms with van der Waals surface area (Å²) in [5.41, 5.74) is 1.62. The SMILES string of the molecule is COC(=O)c1cc(Cl)c2c(C)ccc(Cl)c2n1. The van der Waals surface area contributed by atoms with Crippen LogP contribution in [0.3, 0.4) is 0 Å². The van der Waals surface area contributed by atoms with Gasteiger partial charge < -0.3 is 4.74 Å². The molecule has 0 aliphatic heterocycles. The molecule has 0 atom stereocenters. The van der Waals surface area contributed by atoms with Crippen LogP contribution in [0, 0.1) is 6.92 Å². The van der Waals surface area contributed by atoms with Crippen molar-refractivity contribution >= 4 is 40.1 Å². The average Bonchev–Trinajstić information content (AvgIpc) is 2.32. The largest absolute Gasteiger partial charge is 0.464 e. The van der Waals surface area contributed by atoms with Crippen LogP contribution in [0.5, 0.6) is 0 Å². The molecule has 0 aliphatic rings.